The minimum atomic E-state index is -0.346. The van der Waals surface area contributed by atoms with Gasteiger partial charge in [0.05, 0.1) is 12.9 Å². The van der Waals surface area contributed by atoms with E-state index in [0.29, 0.717) is 36.9 Å². The summed E-state index contributed by atoms with van der Waals surface area (Å²) < 4.78 is 17.8. The lowest BCUT2D eigenvalue weighted by atomic mass is 9.72. The first-order valence-electron chi connectivity index (χ1n) is 11.1. The van der Waals surface area contributed by atoms with Crippen molar-refractivity contribution in [2.75, 3.05) is 0 Å². The van der Waals surface area contributed by atoms with Gasteiger partial charge in [0.2, 0.25) is 0 Å². The maximum Gasteiger partial charge on any atom is 0.197 e. The monoisotopic (exact) mass is 408 g/mol. The molecule has 3 unspecified atom stereocenters. The minimum Gasteiger partial charge on any atom is -0.496 e. The summed E-state index contributed by atoms with van der Waals surface area (Å²) in [6.45, 7) is 14.6. The molecule has 0 radical (unpaired) electrons. The predicted molar refractivity (Wildman–Crippen MR) is 123 cm³/mol. The number of rotatable bonds is 9. The fourth-order valence-corrected chi connectivity index (χ4v) is 4.32. The molecule has 0 saturated carbocycles. The second-order valence-corrected chi connectivity index (χ2v) is 9.01. The fourth-order valence-electron chi connectivity index (χ4n) is 4.32. The molecule has 1 heterocycles. The van der Waals surface area contributed by atoms with Crippen molar-refractivity contribution in [1.29, 1.82) is 0 Å². The van der Waals surface area contributed by atoms with E-state index in [1.165, 1.54) is 11.1 Å². The van der Waals surface area contributed by atoms with Crippen LogP contribution in [0.2, 0.25) is 0 Å². The van der Waals surface area contributed by atoms with E-state index >= 15 is 0 Å². The van der Waals surface area contributed by atoms with Gasteiger partial charge in [0.15, 0.2) is 6.29 Å². The second kappa shape index (κ2) is 10.2. The number of benzene rings is 2. The molecule has 3 heteroatoms. The standard InChI is InChI=1S/C27H36O3/c1-18(2)20(5)27(19(3)4)24-12-13-26(25-17-28-15-14-23(24)25)30-21(6)29-16-22-10-8-7-9-11-22/h7-15,18-21,27H,16-17H2,1-6H3. The molecule has 0 saturated heterocycles. The smallest absolute Gasteiger partial charge is 0.197 e. The largest absolute Gasteiger partial charge is 0.496 e. The summed E-state index contributed by atoms with van der Waals surface area (Å²) in [7, 11) is 0. The van der Waals surface area contributed by atoms with Crippen LogP contribution in [0.15, 0.2) is 48.7 Å². The summed E-state index contributed by atoms with van der Waals surface area (Å²) in [6, 6.07) is 14.5. The summed E-state index contributed by atoms with van der Waals surface area (Å²) in [5.74, 6) is 3.10. The third kappa shape index (κ3) is 5.26. The van der Waals surface area contributed by atoms with E-state index in [1.807, 2.05) is 31.4 Å². The van der Waals surface area contributed by atoms with Gasteiger partial charge in [-0.1, -0.05) is 71.0 Å². The van der Waals surface area contributed by atoms with Crippen LogP contribution in [-0.4, -0.2) is 6.29 Å². The lowest BCUT2D eigenvalue weighted by Crippen LogP contribution is -2.23. The molecule has 162 valence electrons. The van der Waals surface area contributed by atoms with Gasteiger partial charge in [-0.2, -0.15) is 0 Å². The van der Waals surface area contributed by atoms with Crippen molar-refractivity contribution in [2.45, 2.75) is 67.0 Å². The first-order chi connectivity index (χ1) is 14.4. The van der Waals surface area contributed by atoms with Crippen molar-refractivity contribution < 1.29 is 14.2 Å². The average molecular weight is 409 g/mol. The highest BCUT2D eigenvalue weighted by Gasteiger charge is 2.29. The molecule has 0 bridgehead atoms. The average Bonchev–Trinajstić information content (AvgIpc) is 2.74. The van der Waals surface area contributed by atoms with Gasteiger partial charge in [-0.15, -0.1) is 0 Å². The highest BCUT2D eigenvalue weighted by atomic mass is 16.7. The molecule has 3 atom stereocenters. The van der Waals surface area contributed by atoms with E-state index in [4.69, 9.17) is 14.2 Å². The molecule has 2 aromatic carbocycles. The first kappa shape index (κ1) is 22.4. The molecule has 2 aromatic rings. The lowest BCUT2D eigenvalue weighted by Gasteiger charge is -2.33. The van der Waals surface area contributed by atoms with Crippen LogP contribution in [0.3, 0.4) is 0 Å². The highest BCUT2D eigenvalue weighted by molar-refractivity contribution is 5.63. The van der Waals surface area contributed by atoms with Gasteiger partial charge in [-0.05, 0) is 59.4 Å². The summed E-state index contributed by atoms with van der Waals surface area (Å²) in [5, 5.41) is 0. The van der Waals surface area contributed by atoms with Gasteiger partial charge < -0.3 is 14.2 Å². The molecule has 0 aromatic heterocycles. The van der Waals surface area contributed by atoms with Crippen LogP contribution in [0, 0.1) is 17.8 Å². The van der Waals surface area contributed by atoms with Gasteiger partial charge in [-0.3, -0.25) is 0 Å². The zero-order valence-corrected chi connectivity index (χ0v) is 19.2. The van der Waals surface area contributed by atoms with Crippen LogP contribution in [0.25, 0.3) is 6.08 Å². The maximum atomic E-state index is 6.20. The molecule has 3 nitrogen and oxygen atoms in total. The van der Waals surface area contributed by atoms with Gasteiger partial charge in [0.25, 0.3) is 0 Å². The molecule has 1 aliphatic rings. The van der Waals surface area contributed by atoms with E-state index in [-0.39, 0.29) is 6.29 Å². The second-order valence-electron chi connectivity index (χ2n) is 9.01. The lowest BCUT2D eigenvalue weighted by molar-refractivity contribution is -0.0767. The first-order valence-corrected chi connectivity index (χ1v) is 11.1. The third-order valence-electron chi connectivity index (χ3n) is 6.22. The fraction of sp³-hybridized carbons (Fsp3) is 0.481. The van der Waals surface area contributed by atoms with Gasteiger partial charge in [0, 0.05) is 5.56 Å². The van der Waals surface area contributed by atoms with Gasteiger partial charge in [0.1, 0.15) is 12.4 Å². The van der Waals surface area contributed by atoms with Crippen LogP contribution in [0.5, 0.6) is 5.75 Å². The van der Waals surface area contributed by atoms with E-state index in [9.17, 15) is 0 Å². The van der Waals surface area contributed by atoms with Crippen LogP contribution >= 0.6 is 0 Å². The Morgan fingerprint density at radius 3 is 2.30 bits per heavy atom. The molecular weight excluding hydrogens is 372 g/mol. The van der Waals surface area contributed by atoms with Crippen molar-refractivity contribution in [3.05, 3.63) is 71.0 Å². The molecule has 0 amide bonds. The molecule has 0 aliphatic carbocycles. The number of fused-ring (bicyclic) bond motifs is 1. The van der Waals surface area contributed by atoms with E-state index in [1.54, 1.807) is 0 Å². The Labute approximate surface area is 182 Å². The molecular formula is C27H36O3. The zero-order chi connectivity index (χ0) is 21.7. The molecule has 30 heavy (non-hydrogen) atoms. The van der Waals surface area contributed by atoms with E-state index < -0.39 is 0 Å². The minimum absolute atomic E-state index is 0.346. The normalized spacial score (nSPS) is 16.1. The summed E-state index contributed by atoms with van der Waals surface area (Å²) >= 11 is 0. The van der Waals surface area contributed by atoms with Crippen LogP contribution in [0.1, 0.15) is 69.7 Å². The van der Waals surface area contributed by atoms with Gasteiger partial charge >= 0.3 is 0 Å². The van der Waals surface area contributed by atoms with Crippen molar-refractivity contribution in [3.8, 4) is 5.75 Å². The maximum absolute atomic E-state index is 6.20. The van der Waals surface area contributed by atoms with Crippen LogP contribution in [-0.2, 0) is 22.7 Å². The Bertz CT molecular complexity index is 839. The summed E-state index contributed by atoms with van der Waals surface area (Å²) in [4.78, 5) is 0. The van der Waals surface area contributed by atoms with Crippen molar-refractivity contribution in [1.82, 2.24) is 0 Å². The Morgan fingerprint density at radius 2 is 1.63 bits per heavy atom. The SMILES string of the molecule is CC(OCc1ccccc1)Oc1ccc(C(C(C)C)C(C)C(C)C)c2c1COC=C2. The molecule has 0 spiro atoms. The van der Waals surface area contributed by atoms with Crippen molar-refractivity contribution in [2.24, 2.45) is 17.8 Å². The quantitative estimate of drug-likeness (QED) is 0.412. The van der Waals surface area contributed by atoms with Gasteiger partial charge in [-0.25, -0.2) is 0 Å². The van der Waals surface area contributed by atoms with Crippen molar-refractivity contribution >= 4 is 6.08 Å². The predicted octanol–water partition coefficient (Wildman–Crippen LogP) is 7.16. The molecule has 1 aliphatic heterocycles. The molecule has 3 rings (SSSR count). The molecule has 0 N–H and O–H groups in total. The Hall–Kier alpha value is -2.26. The van der Waals surface area contributed by atoms with Crippen molar-refractivity contribution in [3.63, 3.8) is 0 Å². The van der Waals surface area contributed by atoms with E-state index in [0.717, 1.165) is 16.9 Å². The topological polar surface area (TPSA) is 27.7 Å². The summed E-state index contributed by atoms with van der Waals surface area (Å²) in [6.07, 6.45) is 3.56. The number of hydrogen-bond acceptors (Lipinski definition) is 3. The highest BCUT2D eigenvalue weighted by Crippen LogP contribution is 2.42. The zero-order valence-electron chi connectivity index (χ0n) is 19.2. The number of ether oxygens (including phenoxy) is 3. The molecule has 0 fully saturated rings. The third-order valence-corrected chi connectivity index (χ3v) is 6.22. The number of hydrogen-bond donors (Lipinski definition) is 0. The van der Waals surface area contributed by atoms with Crippen LogP contribution in [0.4, 0.5) is 0 Å². The van der Waals surface area contributed by atoms with E-state index in [2.05, 4.69) is 65.0 Å². The van der Waals surface area contributed by atoms with Crippen LogP contribution < -0.4 is 4.74 Å². The Kier molecular flexibility index (Phi) is 7.60. The summed E-state index contributed by atoms with van der Waals surface area (Å²) in [5.41, 5.74) is 4.90. The Balaban J connectivity index is 1.83. The Morgan fingerprint density at radius 1 is 0.900 bits per heavy atom.